The number of hydrogen-bond donors (Lipinski definition) is 1. The number of aryl methyl sites for hydroxylation is 1. The van der Waals surface area contributed by atoms with Gasteiger partial charge in [-0.3, -0.25) is 15.0 Å². The van der Waals surface area contributed by atoms with E-state index >= 15 is 0 Å². The minimum absolute atomic E-state index is 0.0731. The maximum Gasteiger partial charge on any atom is 0.244 e. The fourth-order valence-corrected chi connectivity index (χ4v) is 5.06. The van der Waals surface area contributed by atoms with Gasteiger partial charge >= 0.3 is 0 Å². The van der Waals surface area contributed by atoms with Crippen LogP contribution < -0.4 is 5.32 Å². The highest BCUT2D eigenvalue weighted by Crippen LogP contribution is 2.26. The first-order chi connectivity index (χ1) is 13.7. The van der Waals surface area contributed by atoms with E-state index in [2.05, 4.69) is 5.32 Å². The zero-order valence-corrected chi connectivity index (χ0v) is 17.7. The Balaban J connectivity index is 1.59. The number of halogens is 1. The van der Waals surface area contributed by atoms with Gasteiger partial charge in [-0.25, -0.2) is 8.42 Å². The van der Waals surface area contributed by atoms with Crippen LogP contribution in [0.1, 0.15) is 16.9 Å². The summed E-state index contributed by atoms with van der Waals surface area (Å²) in [7, 11) is -3.68. The van der Waals surface area contributed by atoms with Crippen molar-refractivity contribution in [1.82, 2.24) is 9.21 Å². The van der Waals surface area contributed by atoms with Gasteiger partial charge in [-0.2, -0.15) is 9.57 Å². The Hall–Kier alpha value is -2.38. The fraction of sp³-hybridized carbons (Fsp3) is 0.368. The van der Waals surface area contributed by atoms with E-state index in [1.807, 2.05) is 11.0 Å². The van der Waals surface area contributed by atoms with Gasteiger partial charge in [0.15, 0.2) is 0 Å². The lowest BCUT2D eigenvalue weighted by atomic mass is 10.2. The number of benzene rings is 1. The number of amides is 1. The number of rotatable bonds is 5. The van der Waals surface area contributed by atoms with E-state index in [1.54, 1.807) is 32.0 Å². The van der Waals surface area contributed by atoms with E-state index in [4.69, 9.17) is 16.0 Å². The van der Waals surface area contributed by atoms with Crippen molar-refractivity contribution in [3.63, 3.8) is 0 Å². The second kappa shape index (κ2) is 8.55. The third-order valence-corrected chi connectivity index (χ3v) is 7.30. The third kappa shape index (κ3) is 4.46. The van der Waals surface area contributed by atoms with Crippen LogP contribution in [0.5, 0.6) is 0 Å². The Morgan fingerprint density at radius 2 is 1.90 bits per heavy atom. The van der Waals surface area contributed by atoms with Gasteiger partial charge in [-0.1, -0.05) is 23.7 Å². The predicted octanol–water partition coefficient (Wildman–Crippen LogP) is 2.37. The molecule has 1 aliphatic heterocycles. The number of nitrogens with one attached hydrogen (secondary N) is 1. The summed E-state index contributed by atoms with van der Waals surface area (Å²) in [5, 5.41) is 12.0. The van der Waals surface area contributed by atoms with Gasteiger partial charge in [0.1, 0.15) is 22.3 Å². The highest BCUT2D eigenvalue weighted by molar-refractivity contribution is 7.89. The van der Waals surface area contributed by atoms with Crippen LogP contribution in [0.3, 0.4) is 0 Å². The first-order valence-electron chi connectivity index (χ1n) is 9.01. The van der Waals surface area contributed by atoms with Crippen LogP contribution in [0.4, 0.5) is 5.88 Å². The van der Waals surface area contributed by atoms with Crippen molar-refractivity contribution in [3.05, 3.63) is 46.2 Å². The van der Waals surface area contributed by atoms with E-state index in [0.29, 0.717) is 30.0 Å². The van der Waals surface area contributed by atoms with Gasteiger partial charge in [-0.15, -0.1) is 0 Å². The molecule has 1 fully saturated rings. The summed E-state index contributed by atoms with van der Waals surface area (Å²) < 4.78 is 32.4. The lowest BCUT2D eigenvalue weighted by Crippen LogP contribution is -2.50. The topological polar surface area (TPSA) is 107 Å². The largest absolute Gasteiger partial charge is 0.444 e. The molecule has 2 aromatic rings. The number of anilines is 1. The molecule has 0 atom stereocenters. The van der Waals surface area contributed by atoms with Crippen LogP contribution in [0.2, 0.25) is 5.02 Å². The summed E-state index contributed by atoms with van der Waals surface area (Å²) in [6, 6.07) is 8.37. The van der Waals surface area contributed by atoms with Gasteiger partial charge in [0.2, 0.25) is 21.8 Å². The highest BCUT2D eigenvalue weighted by atomic mass is 35.5. The lowest BCUT2D eigenvalue weighted by Gasteiger charge is -2.33. The number of carbonyl (C=O) groups is 1. The molecule has 3 rings (SSSR count). The quantitative estimate of drug-likeness (QED) is 0.771. The standard InChI is InChI=1S/C19H21ClN4O4S/c1-13-14(2)28-19(15(13)11-21)22-18(25)12-23-7-9-24(10-8-23)29(26,27)17-6-4-3-5-16(17)20/h3-6H,7-10,12H2,1-2H3,(H,22,25). The van der Waals surface area contributed by atoms with E-state index < -0.39 is 10.0 Å². The van der Waals surface area contributed by atoms with Crippen molar-refractivity contribution in [2.24, 2.45) is 0 Å². The van der Waals surface area contributed by atoms with Gasteiger partial charge in [0, 0.05) is 31.7 Å². The molecule has 2 heterocycles. The van der Waals surface area contributed by atoms with Gasteiger partial charge in [-0.05, 0) is 26.0 Å². The molecule has 0 spiro atoms. The zero-order valence-electron chi connectivity index (χ0n) is 16.1. The minimum atomic E-state index is -3.68. The number of piperazine rings is 1. The van der Waals surface area contributed by atoms with Crippen molar-refractivity contribution in [2.45, 2.75) is 18.7 Å². The van der Waals surface area contributed by atoms with Crippen molar-refractivity contribution in [1.29, 1.82) is 5.26 Å². The molecule has 1 amide bonds. The predicted molar refractivity (Wildman–Crippen MR) is 108 cm³/mol. The lowest BCUT2D eigenvalue weighted by molar-refractivity contribution is -0.117. The maximum atomic E-state index is 12.8. The summed E-state index contributed by atoms with van der Waals surface area (Å²) in [6.07, 6.45) is 0. The fourth-order valence-electron chi connectivity index (χ4n) is 3.14. The van der Waals surface area contributed by atoms with Crippen LogP contribution >= 0.6 is 11.6 Å². The number of hydrogen-bond acceptors (Lipinski definition) is 6. The molecule has 0 radical (unpaired) electrons. The number of nitrogens with zero attached hydrogens (tertiary/aromatic N) is 3. The average molecular weight is 437 g/mol. The first kappa shape index (κ1) is 21.3. The molecule has 29 heavy (non-hydrogen) atoms. The summed E-state index contributed by atoms with van der Waals surface area (Å²) in [6.45, 7) is 4.86. The van der Waals surface area contributed by atoms with E-state index in [9.17, 15) is 18.5 Å². The van der Waals surface area contributed by atoms with E-state index in [1.165, 1.54) is 10.4 Å². The molecule has 0 aliphatic carbocycles. The molecule has 0 saturated carbocycles. The van der Waals surface area contributed by atoms with Gasteiger partial charge in [0.05, 0.1) is 11.6 Å². The van der Waals surface area contributed by atoms with Crippen molar-refractivity contribution in [3.8, 4) is 6.07 Å². The van der Waals surface area contributed by atoms with Crippen LogP contribution in [0.25, 0.3) is 0 Å². The van der Waals surface area contributed by atoms with Gasteiger partial charge in [0.25, 0.3) is 0 Å². The molecule has 1 N–H and O–H groups in total. The molecular formula is C19H21ClN4O4S. The minimum Gasteiger partial charge on any atom is -0.444 e. The summed E-state index contributed by atoms with van der Waals surface area (Å²) in [5.74, 6) is 0.403. The average Bonchev–Trinajstić information content (AvgIpc) is 2.95. The Bertz CT molecular complexity index is 1070. The molecule has 10 heteroatoms. The Morgan fingerprint density at radius 3 is 2.52 bits per heavy atom. The Kier molecular flexibility index (Phi) is 6.29. The number of nitriles is 1. The van der Waals surface area contributed by atoms with E-state index in [0.717, 1.165) is 0 Å². The second-order valence-corrected chi connectivity index (χ2v) is 9.07. The van der Waals surface area contributed by atoms with Crippen LogP contribution in [0.15, 0.2) is 33.6 Å². The number of carbonyl (C=O) groups excluding carboxylic acids is 1. The van der Waals surface area contributed by atoms with Crippen LogP contribution in [0, 0.1) is 25.2 Å². The van der Waals surface area contributed by atoms with Crippen molar-refractivity contribution in [2.75, 3.05) is 38.0 Å². The molecule has 8 nitrogen and oxygen atoms in total. The molecule has 1 saturated heterocycles. The molecular weight excluding hydrogens is 416 g/mol. The smallest absolute Gasteiger partial charge is 0.244 e. The van der Waals surface area contributed by atoms with Crippen molar-refractivity contribution < 1.29 is 17.6 Å². The number of sulfonamides is 1. The van der Waals surface area contributed by atoms with E-state index in [-0.39, 0.29) is 41.3 Å². The molecule has 1 aromatic carbocycles. The molecule has 1 aliphatic rings. The number of furan rings is 1. The van der Waals surface area contributed by atoms with Crippen LogP contribution in [-0.4, -0.2) is 56.3 Å². The second-order valence-electron chi connectivity index (χ2n) is 6.76. The normalized spacial score (nSPS) is 15.8. The summed E-state index contributed by atoms with van der Waals surface area (Å²) in [5.41, 5.74) is 1.01. The first-order valence-corrected chi connectivity index (χ1v) is 10.8. The van der Waals surface area contributed by atoms with Crippen LogP contribution in [-0.2, 0) is 14.8 Å². The SMILES string of the molecule is Cc1oc(NC(=O)CN2CCN(S(=O)(=O)c3ccccc3Cl)CC2)c(C#N)c1C. The van der Waals surface area contributed by atoms with Gasteiger partial charge < -0.3 is 4.42 Å². The molecule has 154 valence electrons. The third-order valence-electron chi connectivity index (χ3n) is 4.90. The molecule has 1 aromatic heterocycles. The summed E-state index contributed by atoms with van der Waals surface area (Å²) >= 11 is 6.04. The maximum absolute atomic E-state index is 12.8. The molecule has 0 unspecified atom stereocenters. The molecule has 0 bridgehead atoms. The zero-order chi connectivity index (χ0) is 21.2. The summed E-state index contributed by atoms with van der Waals surface area (Å²) in [4.78, 5) is 14.3. The Labute approximate surface area is 174 Å². The van der Waals surface area contributed by atoms with Crippen molar-refractivity contribution >= 4 is 33.4 Å². The Morgan fingerprint density at radius 1 is 1.24 bits per heavy atom. The monoisotopic (exact) mass is 436 g/mol. The highest BCUT2D eigenvalue weighted by Gasteiger charge is 2.30.